The van der Waals surface area contributed by atoms with Crippen LogP contribution in [0.5, 0.6) is 0 Å². The van der Waals surface area contributed by atoms with Crippen LogP contribution in [0.15, 0.2) is 0 Å². The molecule has 0 atom stereocenters. The van der Waals surface area contributed by atoms with Gasteiger partial charge in [0.05, 0.1) is 0 Å². The maximum atomic E-state index is 4.67. The average molecular weight is 219 g/mol. The van der Waals surface area contributed by atoms with E-state index in [1.165, 1.54) is 17.7 Å². The third kappa shape index (κ3) is 2.18. The Bertz CT molecular complexity index is 372. The summed E-state index contributed by atoms with van der Waals surface area (Å²) in [6.45, 7) is 7.49. The first-order chi connectivity index (χ1) is 7.72. The lowest BCUT2D eigenvalue weighted by molar-refractivity contribution is 0.759. The maximum absolute atomic E-state index is 4.67. The van der Waals surface area contributed by atoms with Crippen molar-refractivity contribution in [1.82, 2.24) is 9.97 Å². The molecule has 0 radical (unpaired) electrons. The zero-order valence-electron chi connectivity index (χ0n) is 10.5. The second-order valence-corrected chi connectivity index (χ2v) is 4.79. The van der Waals surface area contributed by atoms with Crippen molar-refractivity contribution < 1.29 is 0 Å². The topological polar surface area (TPSA) is 37.8 Å². The SMILES string of the molecule is CCCNc1nc(C(C)C)nc2c1CCC2. The van der Waals surface area contributed by atoms with Crippen molar-refractivity contribution in [2.75, 3.05) is 11.9 Å². The minimum absolute atomic E-state index is 0.410. The fourth-order valence-electron chi connectivity index (χ4n) is 2.10. The van der Waals surface area contributed by atoms with Crippen molar-refractivity contribution in [2.45, 2.75) is 52.4 Å². The van der Waals surface area contributed by atoms with Crippen LogP contribution in [0.4, 0.5) is 5.82 Å². The van der Waals surface area contributed by atoms with Gasteiger partial charge in [-0.3, -0.25) is 0 Å². The summed E-state index contributed by atoms with van der Waals surface area (Å²) in [7, 11) is 0. The average Bonchev–Trinajstić information content (AvgIpc) is 2.73. The Kier molecular flexibility index (Phi) is 3.42. The smallest absolute Gasteiger partial charge is 0.133 e. The van der Waals surface area contributed by atoms with Crippen LogP contribution < -0.4 is 5.32 Å². The number of fused-ring (bicyclic) bond motifs is 1. The first kappa shape index (κ1) is 11.4. The highest BCUT2D eigenvalue weighted by molar-refractivity contribution is 5.49. The minimum atomic E-state index is 0.410. The Hall–Kier alpha value is -1.12. The summed E-state index contributed by atoms with van der Waals surface area (Å²) in [5.74, 6) is 2.49. The van der Waals surface area contributed by atoms with E-state index in [2.05, 4.69) is 36.1 Å². The molecular weight excluding hydrogens is 198 g/mol. The number of nitrogens with zero attached hydrogens (tertiary/aromatic N) is 2. The third-order valence-corrected chi connectivity index (χ3v) is 3.01. The second-order valence-electron chi connectivity index (χ2n) is 4.79. The van der Waals surface area contributed by atoms with Crippen molar-refractivity contribution in [1.29, 1.82) is 0 Å². The Balaban J connectivity index is 2.33. The molecule has 0 bridgehead atoms. The van der Waals surface area contributed by atoms with Crippen LogP contribution in [0.3, 0.4) is 0 Å². The quantitative estimate of drug-likeness (QED) is 0.846. The van der Waals surface area contributed by atoms with Gasteiger partial charge in [-0.15, -0.1) is 0 Å². The molecule has 16 heavy (non-hydrogen) atoms. The molecule has 0 saturated heterocycles. The molecular formula is C13H21N3. The number of nitrogens with one attached hydrogen (secondary N) is 1. The number of hydrogen-bond acceptors (Lipinski definition) is 3. The number of aryl methyl sites for hydroxylation is 1. The molecule has 0 fully saturated rings. The first-order valence-electron chi connectivity index (χ1n) is 6.36. The van der Waals surface area contributed by atoms with Crippen molar-refractivity contribution in [3.63, 3.8) is 0 Å². The predicted octanol–water partition coefficient (Wildman–Crippen LogP) is 2.91. The van der Waals surface area contributed by atoms with Crippen LogP contribution in [-0.2, 0) is 12.8 Å². The summed E-state index contributed by atoms with van der Waals surface area (Å²) < 4.78 is 0. The molecule has 1 aliphatic rings. The normalized spacial score (nSPS) is 14.2. The van der Waals surface area contributed by atoms with Gasteiger partial charge in [-0.2, -0.15) is 0 Å². The highest BCUT2D eigenvalue weighted by Gasteiger charge is 2.19. The van der Waals surface area contributed by atoms with E-state index in [-0.39, 0.29) is 0 Å². The van der Waals surface area contributed by atoms with Crippen LogP contribution >= 0.6 is 0 Å². The molecule has 2 rings (SSSR count). The lowest BCUT2D eigenvalue weighted by Gasteiger charge is -2.13. The zero-order chi connectivity index (χ0) is 11.5. The van der Waals surface area contributed by atoms with E-state index in [0.29, 0.717) is 5.92 Å². The van der Waals surface area contributed by atoms with Crippen LogP contribution in [0.2, 0.25) is 0 Å². The van der Waals surface area contributed by atoms with E-state index >= 15 is 0 Å². The Morgan fingerprint density at radius 3 is 2.75 bits per heavy atom. The maximum Gasteiger partial charge on any atom is 0.133 e. The van der Waals surface area contributed by atoms with Gasteiger partial charge in [-0.1, -0.05) is 20.8 Å². The lowest BCUT2D eigenvalue weighted by Crippen LogP contribution is -2.10. The fourth-order valence-corrected chi connectivity index (χ4v) is 2.10. The number of rotatable bonds is 4. The van der Waals surface area contributed by atoms with Gasteiger partial charge in [-0.05, 0) is 25.7 Å². The number of hydrogen-bond donors (Lipinski definition) is 1. The summed E-state index contributed by atoms with van der Waals surface area (Å²) in [6.07, 6.45) is 4.63. The van der Waals surface area contributed by atoms with E-state index in [9.17, 15) is 0 Å². The number of anilines is 1. The molecule has 0 amide bonds. The van der Waals surface area contributed by atoms with E-state index in [1.54, 1.807) is 0 Å². The molecule has 0 aromatic carbocycles. The van der Waals surface area contributed by atoms with Gasteiger partial charge in [0.25, 0.3) is 0 Å². The summed E-state index contributed by atoms with van der Waals surface area (Å²) in [5, 5.41) is 3.44. The van der Waals surface area contributed by atoms with Crippen molar-refractivity contribution >= 4 is 5.82 Å². The Morgan fingerprint density at radius 2 is 2.06 bits per heavy atom. The van der Waals surface area contributed by atoms with Gasteiger partial charge >= 0.3 is 0 Å². The molecule has 1 aromatic heterocycles. The van der Waals surface area contributed by atoms with E-state index in [0.717, 1.165) is 37.4 Å². The number of aromatic nitrogens is 2. The van der Waals surface area contributed by atoms with Gasteiger partial charge in [0.2, 0.25) is 0 Å². The second kappa shape index (κ2) is 4.81. The van der Waals surface area contributed by atoms with Gasteiger partial charge in [0.1, 0.15) is 11.6 Å². The van der Waals surface area contributed by atoms with Gasteiger partial charge in [0.15, 0.2) is 0 Å². The van der Waals surface area contributed by atoms with Gasteiger partial charge in [-0.25, -0.2) is 9.97 Å². The van der Waals surface area contributed by atoms with Crippen LogP contribution in [0.25, 0.3) is 0 Å². The van der Waals surface area contributed by atoms with E-state index < -0.39 is 0 Å². The molecule has 0 aliphatic heterocycles. The largest absolute Gasteiger partial charge is 0.370 e. The van der Waals surface area contributed by atoms with Crippen LogP contribution in [0.1, 0.15) is 56.6 Å². The summed E-state index contributed by atoms with van der Waals surface area (Å²) >= 11 is 0. The first-order valence-corrected chi connectivity index (χ1v) is 6.36. The van der Waals surface area contributed by atoms with E-state index in [1.807, 2.05) is 0 Å². The third-order valence-electron chi connectivity index (χ3n) is 3.01. The summed E-state index contributed by atoms with van der Waals surface area (Å²) in [4.78, 5) is 9.33. The molecule has 0 saturated carbocycles. The lowest BCUT2D eigenvalue weighted by atomic mass is 10.1. The molecule has 1 heterocycles. The van der Waals surface area contributed by atoms with Gasteiger partial charge in [0, 0.05) is 23.7 Å². The molecule has 0 spiro atoms. The monoisotopic (exact) mass is 219 g/mol. The van der Waals surface area contributed by atoms with Crippen molar-refractivity contribution in [3.8, 4) is 0 Å². The molecule has 1 aliphatic carbocycles. The molecule has 3 nitrogen and oxygen atoms in total. The molecule has 1 aromatic rings. The van der Waals surface area contributed by atoms with Gasteiger partial charge < -0.3 is 5.32 Å². The van der Waals surface area contributed by atoms with Crippen LogP contribution in [0, 0.1) is 0 Å². The highest BCUT2D eigenvalue weighted by Crippen LogP contribution is 2.27. The van der Waals surface area contributed by atoms with Crippen molar-refractivity contribution in [3.05, 3.63) is 17.1 Å². The summed E-state index contributed by atoms with van der Waals surface area (Å²) in [5.41, 5.74) is 2.63. The molecule has 88 valence electrons. The standard InChI is InChI=1S/C13H21N3/c1-4-8-14-13-10-6-5-7-11(10)15-12(16-13)9(2)3/h9H,4-8H2,1-3H3,(H,14,15,16). The zero-order valence-corrected chi connectivity index (χ0v) is 10.5. The molecule has 3 heteroatoms. The van der Waals surface area contributed by atoms with E-state index in [4.69, 9.17) is 0 Å². The van der Waals surface area contributed by atoms with Crippen LogP contribution in [-0.4, -0.2) is 16.5 Å². The Morgan fingerprint density at radius 1 is 1.25 bits per heavy atom. The summed E-state index contributed by atoms with van der Waals surface area (Å²) in [6, 6.07) is 0. The Labute approximate surface area is 97.7 Å². The minimum Gasteiger partial charge on any atom is -0.370 e. The molecule has 1 N–H and O–H groups in total. The van der Waals surface area contributed by atoms with Crippen molar-refractivity contribution in [2.24, 2.45) is 0 Å². The fraction of sp³-hybridized carbons (Fsp3) is 0.692. The molecule has 0 unspecified atom stereocenters. The highest BCUT2D eigenvalue weighted by atomic mass is 15.0. The predicted molar refractivity (Wildman–Crippen MR) is 66.9 cm³/mol.